The van der Waals surface area contributed by atoms with Crippen LogP contribution in [0.2, 0.25) is 0 Å². The third-order valence-corrected chi connectivity index (χ3v) is 5.05. The van der Waals surface area contributed by atoms with E-state index in [0.29, 0.717) is 6.42 Å². The fourth-order valence-electron chi connectivity index (χ4n) is 1.68. The molecule has 0 aromatic heterocycles. The van der Waals surface area contributed by atoms with E-state index in [1.54, 1.807) is 27.7 Å². The van der Waals surface area contributed by atoms with Crippen molar-refractivity contribution in [3.05, 3.63) is 0 Å². The van der Waals surface area contributed by atoms with E-state index in [0.717, 1.165) is 6.42 Å². The van der Waals surface area contributed by atoms with E-state index in [-0.39, 0.29) is 18.0 Å². The summed E-state index contributed by atoms with van der Waals surface area (Å²) in [6, 6.07) is 0. The number of unbranched alkanes of at least 4 members (excludes halogenated alkanes) is 1. The second-order valence-corrected chi connectivity index (χ2v) is 9.04. The first kappa shape index (κ1) is 23.6. The van der Waals surface area contributed by atoms with Crippen LogP contribution in [0.15, 0.2) is 0 Å². The van der Waals surface area contributed by atoms with Crippen LogP contribution >= 0.6 is 7.37 Å². The lowest BCUT2D eigenvalue weighted by atomic mass is 10.2. The molecule has 0 aliphatic rings. The normalized spacial score (nSPS) is 14.7. The number of carbonyl (C=O) groups excluding carboxylic acids is 3. The van der Waals surface area contributed by atoms with Crippen molar-refractivity contribution in [3.63, 3.8) is 0 Å². The molecule has 25 heavy (non-hydrogen) atoms. The highest BCUT2D eigenvalue weighted by Crippen LogP contribution is 2.40. The molecule has 146 valence electrons. The number of carbonyl (C=O) groups is 3. The van der Waals surface area contributed by atoms with Gasteiger partial charge in [-0.3, -0.25) is 14.2 Å². The maximum atomic E-state index is 11.8. The lowest BCUT2D eigenvalue weighted by Crippen LogP contribution is -2.37. The molecule has 0 saturated heterocycles. The van der Waals surface area contributed by atoms with Gasteiger partial charge in [0, 0.05) is 12.1 Å². The summed E-state index contributed by atoms with van der Waals surface area (Å²) in [5.41, 5.74) is 0. The molecule has 0 aliphatic heterocycles. The van der Waals surface area contributed by atoms with Gasteiger partial charge in [0.05, 0.1) is 18.6 Å². The van der Waals surface area contributed by atoms with Gasteiger partial charge in [-0.15, -0.1) is 0 Å². The number of alkyl carbamates (subject to hydrolysis) is 1. The number of hydrogen-bond acceptors (Lipinski definition) is 6. The highest BCUT2D eigenvalue weighted by molar-refractivity contribution is 7.58. The largest absolute Gasteiger partial charge is 0.425 e. The highest BCUT2D eigenvalue weighted by atomic mass is 31.2. The Hall–Kier alpha value is -1.40. The summed E-state index contributed by atoms with van der Waals surface area (Å²) in [6.07, 6.45) is -1.07. The molecule has 2 atom stereocenters. The van der Waals surface area contributed by atoms with E-state index >= 15 is 0 Å². The van der Waals surface area contributed by atoms with E-state index < -0.39 is 44.2 Å². The molecule has 8 nitrogen and oxygen atoms in total. The van der Waals surface area contributed by atoms with Crippen LogP contribution in [-0.4, -0.2) is 47.9 Å². The fourth-order valence-corrected chi connectivity index (χ4v) is 3.31. The Kier molecular flexibility index (Phi) is 10.6. The first-order valence-electron chi connectivity index (χ1n) is 8.46. The summed E-state index contributed by atoms with van der Waals surface area (Å²) in [5, 5.41) is 2.21. The topological polar surface area (TPSA) is 119 Å². The smallest absolute Gasteiger partial charge is 0.410 e. The molecular formula is C16H30NO7P. The van der Waals surface area contributed by atoms with Gasteiger partial charge < -0.3 is 19.7 Å². The molecule has 1 amide bonds. The number of nitrogens with one attached hydrogen (secondary N) is 1. The molecule has 0 aromatic rings. The number of hydrogen-bond donors (Lipinski definition) is 2. The van der Waals surface area contributed by atoms with Crippen molar-refractivity contribution in [2.45, 2.75) is 53.8 Å². The Balaban J connectivity index is 4.41. The van der Waals surface area contributed by atoms with Crippen molar-refractivity contribution >= 4 is 25.2 Å². The predicted octanol–water partition coefficient (Wildman–Crippen LogP) is 2.53. The first-order valence-corrected chi connectivity index (χ1v) is 10.5. The average Bonchev–Trinajstić information content (AvgIpc) is 2.49. The molecule has 0 spiro atoms. The van der Waals surface area contributed by atoms with Crippen LogP contribution in [0.1, 0.15) is 47.5 Å². The maximum Gasteiger partial charge on any atom is 0.410 e. The molecule has 1 unspecified atom stereocenters. The SMILES string of the molecule is CCCCP(=O)(O)CC(=O)CNC(=O)O[C@H](OC(=O)C(C)C)C(C)C. The summed E-state index contributed by atoms with van der Waals surface area (Å²) < 4.78 is 21.9. The number of ether oxygens (including phenoxy) is 2. The van der Waals surface area contributed by atoms with E-state index in [2.05, 4.69) is 5.32 Å². The van der Waals surface area contributed by atoms with Crippen LogP contribution in [0.3, 0.4) is 0 Å². The predicted molar refractivity (Wildman–Crippen MR) is 93.5 cm³/mol. The van der Waals surface area contributed by atoms with Gasteiger partial charge in [0.15, 0.2) is 5.78 Å². The minimum atomic E-state index is -3.51. The first-order chi connectivity index (χ1) is 11.5. The number of esters is 1. The van der Waals surface area contributed by atoms with Crippen LogP contribution in [-0.2, 0) is 23.6 Å². The summed E-state index contributed by atoms with van der Waals surface area (Å²) in [7, 11) is -3.51. The Bertz CT molecular complexity index is 505. The molecule has 0 heterocycles. The van der Waals surface area contributed by atoms with E-state index in [4.69, 9.17) is 9.47 Å². The molecule has 0 radical (unpaired) electrons. The van der Waals surface area contributed by atoms with E-state index in [1.165, 1.54) is 0 Å². The van der Waals surface area contributed by atoms with Crippen molar-refractivity contribution in [2.75, 3.05) is 18.9 Å². The maximum absolute atomic E-state index is 11.8. The number of amides is 1. The Morgan fingerprint density at radius 3 is 2.20 bits per heavy atom. The van der Waals surface area contributed by atoms with Crippen molar-refractivity contribution in [1.82, 2.24) is 5.32 Å². The van der Waals surface area contributed by atoms with Gasteiger partial charge >= 0.3 is 12.1 Å². The lowest BCUT2D eigenvalue weighted by molar-refractivity contribution is -0.178. The summed E-state index contributed by atoms with van der Waals surface area (Å²) in [6.45, 7) is 8.21. The number of rotatable bonds is 11. The van der Waals surface area contributed by atoms with Crippen LogP contribution < -0.4 is 5.32 Å². The van der Waals surface area contributed by atoms with Gasteiger partial charge in [-0.25, -0.2) is 4.79 Å². The van der Waals surface area contributed by atoms with Crippen molar-refractivity contribution in [1.29, 1.82) is 0 Å². The third-order valence-electron chi connectivity index (χ3n) is 3.19. The Morgan fingerprint density at radius 2 is 1.72 bits per heavy atom. The Labute approximate surface area is 149 Å². The van der Waals surface area contributed by atoms with Crippen LogP contribution in [0.5, 0.6) is 0 Å². The van der Waals surface area contributed by atoms with Gasteiger partial charge in [-0.2, -0.15) is 0 Å². The number of ketones is 1. The molecular weight excluding hydrogens is 349 g/mol. The minimum Gasteiger partial charge on any atom is -0.425 e. The summed E-state index contributed by atoms with van der Waals surface area (Å²) >= 11 is 0. The molecule has 2 N–H and O–H groups in total. The van der Waals surface area contributed by atoms with Crippen molar-refractivity contribution in [3.8, 4) is 0 Å². The highest BCUT2D eigenvalue weighted by Gasteiger charge is 2.25. The summed E-state index contributed by atoms with van der Waals surface area (Å²) in [5.74, 6) is -1.69. The lowest BCUT2D eigenvalue weighted by Gasteiger charge is -2.22. The zero-order valence-corrected chi connectivity index (χ0v) is 16.5. The molecule has 0 saturated carbocycles. The van der Waals surface area contributed by atoms with Crippen molar-refractivity contribution in [2.24, 2.45) is 11.8 Å². The molecule has 0 aromatic carbocycles. The molecule has 0 fully saturated rings. The standard InChI is InChI=1S/C16H30NO7P/c1-6-7-8-25(21,22)10-13(18)9-17-16(20)24-15(12(4)5)23-14(19)11(2)3/h11-12,15H,6-10H2,1-5H3,(H,17,20)(H,21,22)/t15-/m0/s1. The molecule has 0 aliphatic carbocycles. The summed E-state index contributed by atoms with van der Waals surface area (Å²) in [4.78, 5) is 44.8. The van der Waals surface area contributed by atoms with Crippen LogP contribution in [0.4, 0.5) is 4.79 Å². The van der Waals surface area contributed by atoms with Crippen LogP contribution in [0.25, 0.3) is 0 Å². The van der Waals surface area contributed by atoms with E-state index in [9.17, 15) is 23.8 Å². The fraction of sp³-hybridized carbons (Fsp3) is 0.812. The minimum absolute atomic E-state index is 0.0836. The number of Topliss-reactive ketones (excluding diaryl/α,β-unsaturated/α-hetero) is 1. The molecule has 0 bridgehead atoms. The monoisotopic (exact) mass is 379 g/mol. The molecule has 0 rings (SSSR count). The van der Waals surface area contributed by atoms with Gasteiger partial charge in [0.1, 0.15) is 0 Å². The van der Waals surface area contributed by atoms with E-state index in [1.807, 2.05) is 6.92 Å². The zero-order chi connectivity index (χ0) is 19.6. The Morgan fingerprint density at radius 1 is 1.12 bits per heavy atom. The second-order valence-electron chi connectivity index (χ2n) is 6.58. The second kappa shape index (κ2) is 11.3. The van der Waals surface area contributed by atoms with Crippen molar-refractivity contribution < 1.29 is 33.3 Å². The van der Waals surface area contributed by atoms with Gasteiger partial charge in [0.25, 0.3) is 6.29 Å². The third kappa shape index (κ3) is 10.9. The van der Waals surface area contributed by atoms with Gasteiger partial charge in [-0.05, 0) is 6.42 Å². The quantitative estimate of drug-likeness (QED) is 0.322. The van der Waals surface area contributed by atoms with Gasteiger partial charge in [-0.1, -0.05) is 41.0 Å². The average molecular weight is 379 g/mol. The van der Waals surface area contributed by atoms with Crippen LogP contribution in [0, 0.1) is 11.8 Å². The van der Waals surface area contributed by atoms with Gasteiger partial charge in [0.2, 0.25) is 7.37 Å². The zero-order valence-electron chi connectivity index (χ0n) is 15.6. The molecule has 9 heteroatoms.